The number of thioether (sulfide) groups is 1. The lowest BCUT2D eigenvalue weighted by Crippen LogP contribution is -2.63. The van der Waals surface area contributed by atoms with Crippen LogP contribution in [0.2, 0.25) is 0 Å². The van der Waals surface area contributed by atoms with Gasteiger partial charge in [0.2, 0.25) is 0 Å². The number of nitrogens with zero attached hydrogens (tertiary/aromatic N) is 3. The Hall–Kier alpha value is -2.00. The van der Waals surface area contributed by atoms with E-state index in [1.165, 1.54) is 18.1 Å². The Bertz CT molecular complexity index is 1040. The van der Waals surface area contributed by atoms with Gasteiger partial charge in [-0.1, -0.05) is 52.5 Å². The highest BCUT2D eigenvalue weighted by molar-refractivity contribution is 7.99. The number of aliphatic hydroxyl groups is 1. The molecule has 8 nitrogen and oxygen atoms in total. The third kappa shape index (κ3) is 4.82. The van der Waals surface area contributed by atoms with Crippen LogP contribution in [0.15, 0.2) is 24.1 Å². The molecule has 0 amide bonds. The Kier molecular flexibility index (Phi) is 8.05. The molecular weight excluding hydrogens is 490 g/mol. The maximum atomic E-state index is 13.5. The van der Waals surface area contributed by atoms with Crippen LogP contribution in [0, 0.1) is 34.0 Å². The third-order valence-corrected chi connectivity index (χ3v) is 10.7. The molecular formula is C28H41N3O5S. The van der Waals surface area contributed by atoms with Gasteiger partial charge in [0.15, 0.2) is 5.16 Å². The standard InChI is InChI=1S/C28H41N3O5S/c1-7-13-35-24-29-16-30-25(31-24)37-15-21(33)36-20-14-26(5,8-2)23(34)18(4)28-11-9-17(3)27(20,6)22(28)19(32)10-12-28/h8,16-18,20,22-23,34H,2,7,9-15H2,1,3-6H3/t17-,18+,20-,22+,23+,26-,27+,28+/m1/s1. The molecule has 3 aliphatic rings. The molecule has 1 aromatic rings. The van der Waals surface area contributed by atoms with Crippen molar-refractivity contribution in [1.29, 1.82) is 0 Å². The average molecular weight is 532 g/mol. The van der Waals surface area contributed by atoms with Crippen molar-refractivity contribution >= 4 is 23.5 Å². The van der Waals surface area contributed by atoms with Crippen LogP contribution in [0.4, 0.5) is 0 Å². The maximum Gasteiger partial charge on any atom is 0.320 e. The van der Waals surface area contributed by atoms with Gasteiger partial charge in [0.05, 0.1) is 18.5 Å². The smallest absolute Gasteiger partial charge is 0.320 e. The first-order valence-electron chi connectivity index (χ1n) is 13.5. The largest absolute Gasteiger partial charge is 0.463 e. The molecule has 204 valence electrons. The number of hydrogen-bond donors (Lipinski definition) is 1. The summed E-state index contributed by atoms with van der Waals surface area (Å²) in [4.78, 5) is 39.1. The third-order valence-electron chi connectivity index (χ3n) is 9.86. The quantitative estimate of drug-likeness (QED) is 0.291. The van der Waals surface area contributed by atoms with E-state index in [2.05, 4.69) is 42.3 Å². The molecule has 1 aromatic heterocycles. The van der Waals surface area contributed by atoms with Crippen molar-refractivity contribution in [2.24, 2.45) is 34.0 Å². The van der Waals surface area contributed by atoms with E-state index >= 15 is 0 Å². The van der Waals surface area contributed by atoms with Crippen molar-refractivity contribution in [3.8, 4) is 6.01 Å². The highest BCUT2D eigenvalue weighted by atomic mass is 32.2. The Morgan fingerprint density at radius 1 is 1.30 bits per heavy atom. The van der Waals surface area contributed by atoms with Crippen molar-refractivity contribution in [3.05, 3.63) is 19.0 Å². The number of esters is 1. The van der Waals surface area contributed by atoms with Gasteiger partial charge >= 0.3 is 12.0 Å². The second-order valence-corrected chi connectivity index (χ2v) is 12.7. The summed E-state index contributed by atoms with van der Waals surface area (Å²) in [5.74, 6) is -0.233. The van der Waals surface area contributed by atoms with Gasteiger partial charge in [-0.3, -0.25) is 9.59 Å². The highest BCUT2D eigenvalue weighted by Gasteiger charge is 2.68. The predicted octanol–water partition coefficient (Wildman–Crippen LogP) is 4.66. The lowest BCUT2D eigenvalue weighted by molar-refractivity contribution is -0.205. The molecule has 0 unspecified atom stereocenters. The molecule has 3 saturated carbocycles. The van der Waals surface area contributed by atoms with Gasteiger partial charge in [-0.25, -0.2) is 4.98 Å². The van der Waals surface area contributed by atoms with Crippen LogP contribution in [-0.4, -0.2) is 56.4 Å². The van der Waals surface area contributed by atoms with Crippen molar-refractivity contribution < 1.29 is 24.2 Å². The van der Waals surface area contributed by atoms with E-state index in [1.54, 1.807) is 0 Å². The number of Topliss-reactive ketones (excluding diaryl/α,β-unsaturated/α-hetero) is 1. The normalized spacial score (nSPS) is 39.3. The Morgan fingerprint density at radius 2 is 2.05 bits per heavy atom. The summed E-state index contributed by atoms with van der Waals surface area (Å²) in [6, 6.07) is 0.234. The molecule has 0 aliphatic heterocycles. The number of aromatic nitrogens is 3. The fourth-order valence-electron chi connectivity index (χ4n) is 7.42. The van der Waals surface area contributed by atoms with Crippen molar-refractivity contribution in [1.82, 2.24) is 15.0 Å². The average Bonchev–Trinajstić information content (AvgIpc) is 3.25. The molecule has 4 rings (SSSR count). The predicted molar refractivity (Wildman–Crippen MR) is 141 cm³/mol. The summed E-state index contributed by atoms with van der Waals surface area (Å²) in [6.45, 7) is 15.0. The van der Waals surface area contributed by atoms with Gasteiger partial charge in [-0.05, 0) is 49.4 Å². The number of aliphatic hydroxyl groups excluding tert-OH is 1. The Balaban J connectivity index is 1.61. The van der Waals surface area contributed by atoms with Crippen LogP contribution < -0.4 is 4.74 Å². The van der Waals surface area contributed by atoms with Crippen molar-refractivity contribution in [2.45, 2.75) is 90.5 Å². The first-order valence-corrected chi connectivity index (χ1v) is 14.5. The fourth-order valence-corrected chi connectivity index (χ4v) is 8.00. The Labute approximate surface area is 224 Å². The molecule has 0 radical (unpaired) electrons. The first-order chi connectivity index (χ1) is 17.5. The van der Waals surface area contributed by atoms with Gasteiger partial charge in [0.1, 0.15) is 18.2 Å². The second kappa shape index (κ2) is 10.6. The van der Waals surface area contributed by atoms with E-state index < -0.39 is 29.0 Å². The topological polar surface area (TPSA) is 112 Å². The van der Waals surface area contributed by atoms with E-state index in [-0.39, 0.29) is 40.7 Å². The summed E-state index contributed by atoms with van der Waals surface area (Å²) < 4.78 is 11.7. The van der Waals surface area contributed by atoms with Crippen molar-refractivity contribution in [3.63, 3.8) is 0 Å². The molecule has 3 fully saturated rings. The van der Waals surface area contributed by atoms with Crippen LogP contribution in [0.3, 0.4) is 0 Å². The minimum absolute atomic E-state index is 0.0196. The summed E-state index contributed by atoms with van der Waals surface area (Å²) in [7, 11) is 0. The van der Waals surface area contributed by atoms with E-state index in [0.717, 1.165) is 25.7 Å². The van der Waals surface area contributed by atoms with Crippen LogP contribution in [0.1, 0.15) is 73.1 Å². The zero-order valence-electron chi connectivity index (χ0n) is 22.7. The molecule has 0 spiro atoms. The molecule has 0 saturated heterocycles. The van der Waals surface area contributed by atoms with Crippen LogP contribution in [0.25, 0.3) is 0 Å². The minimum Gasteiger partial charge on any atom is -0.463 e. The lowest BCUT2D eigenvalue weighted by Gasteiger charge is -2.61. The number of hydrogen-bond acceptors (Lipinski definition) is 9. The van der Waals surface area contributed by atoms with Gasteiger partial charge in [-0.15, -0.1) is 6.58 Å². The van der Waals surface area contributed by atoms with Gasteiger partial charge in [0, 0.05) is 23.2 Å². The first kappa shape index (κ1) is 28.0. The van der Waals surface area contributed by atoms with Crippen LogP contribution in [-0.2, 0) is 14.3 Å². The SMILES string of the molecule is C=C[C@]1(C)C[C@@H](OC(=O)CSc2ncnc(OCCC)n2)[C@]2(C)[C@H](C)CC[C@]3(CCC(=O)[C@H]32)[C@@H](C)[C@@H]1O. The summed E-state index contributed by atoms with van der Waals surface area (Å²) in [6.07, 6.45) is 6.36. The Morgan fingerprint density at radius 3 is 2.76 bits per heavy atom. The number of ether oxygens (including phenoxy) is 2. The summed E-state index contributed by atoms with van der Waals surface area (Å²) >= 11 is 1.17. The van der Waals surface area contributed by atoms with Gasteiger partial charge in [0.25, 0.3) is 0 Å². The number of rotatable bonds is 8. The molecule has 3 aliphatic carbocycles. The maximum absolute atomic E-state index is 13.5. The molecule has 37 heavy (non-hydrogen) atoms. The number of carbonyl (C=O) groups is 2. The number of carbonyl (C=O) groups excluding carboxylic acids is 2. The van der Waals surface area contributed by atoms with E-state index in [0.29, 0.717) is 24.6 Å². The van der Waals surface area contributed by atoms with E-state index in [1.807, 2.05) is 19.9 Å². The molecule has 0 aromatic carbocycles. The van der Waals surface area contributed by atoms with E-state index in [9.17, 15) is 14.7 Å². The van der Waals surface area contributed by atoms with Crippen LogP contribution in [0.5, 0.6) is 6.01 Å². The van der Waals surface area contributed by atoms with Crippen molar-refractivity contribution in [2.75, 3.05) is 12.4 Å². The monoisotopic (exact) mass is 531 g/mol. The minimum atomic E-state index is -0.682. The lowest BCUT2D eigenvalue weighted by atomic mass is 9.44. The molecule has 9 heteroatoms. The second-order valence-electron chi connectivity index (χ2n) is 11.8. The number of ketones is 1. The summed E-state index contributed by atoms with van der Waals surface area (Å²) in [5, 5.41) is 12.0. The van der Waals surface area contributed by atoms with Gasteiger partial charge < -0.3 is 14.6 Å². The molecule has 1 heterocycles. The van der Waals surface area contributed by atoms with Gasteiger partial charge in [-0.2, -0.15) is 9.97 Å². The molecule has 1 N–H and O–H groups in total. The summed E-state index contributed by atoms with van der Waals surface area (Å²) in [5.41, 5.74) is -1.47. The zero-order valence-corrected chi connectivity index (χ0v) is 23.6. The van der Waals surface area contributed by atoms with Crippen LogP contribution >= 0.6 is 11.8 Å². The van der Waals surface area contributed by atoms with E-state index in [4.69, 9.17) is 9.47 Å². The molecule has 8 atom stereocenters. The molecule has 2 bridgehead atoms. The highest BCUT2D eigenvalue weighted by Crippen LogP contribution is 2.68. The zero-order chi connectivity index (χ0) is 27.0. The fraction of sp³-hybridized carbons (Fsp3) is 0.750.